The molecule has 1 saturated heterocycles. The number of carbonyl (C=O) groups excluding carboxylic acids is 2. The molecule has 0 atom stereocenters. The molecule has 0 saturated carbocycles. The van der Waals surface area contributed by atoms with Gasteiger partial charge in [0.25, 0.3) is 11.8 Å². The minimum atomic E-state index is -0.238. The van der Waals surface area contributed by atoms with Crippen LogP contribution < -0.4 is 5.32 Å². The van der Waals surface area contributed by atoms with Crippen molar-refractivity contribution in [3.8, 4) is 0 Å². The van der Waals surface area contributed by atoms with Crippen molar-refractivity contribution >= 4 is 45.9 Å². The van der Waals surface area contributed by atoms with Crippen LogP contribution in [-0.2, 0) is 6.42 Å². The molecule has 9 heteroatoms. The van der Waals surface area contributed by atoms with E-state index in [0.29, 0.717) is 38.0 Å². The lowest BCUT2D eigenvalue weighted by Gasteiger charge is -2.32. The van der Waals surface area contributed by atoms with Crippen molar-refractivity contribution in [3.05, 3.63) is 93.1 Å². The van der Waals surface area contributed by atoms with Crippen LogP contribution in [-0.4, -0.2) is 51.3 Å². The molecule has 7 nitrogen and oxygen atoms in total. The fraction of sp³-hybridized carbons (Fsp3) is 0.286. The Bertz CT molecular complexity index is 1460. The first-order chi connectivity index (χ1) is 17.9. The van der Waals surface area contributed by atoms with Gasteiger partial charge in [-0.15, -0.1) is 0 Å². The number of fused-ring (bicyclic) bond motifs is 1. The maximum absolute atomic E-state index is 13.2. The van der Waals surface area contributed by atoms with Gasteiger partial charge in [-0.25, -0.2) is 4.98 Å². The Hall–Kier alpha value is -3.42. The Kier molecular flexibility index (Phi) is 7.44. The molecule has 0 radical (unpaired) electrons. The van der Waals surface area contributed by atoms with Crippen LogP contribution >= 0.6 is 23.2 Å². The van der Waals surface area contributed by atoms with Gasteiger partial charge in [-0.2, -0.15) is 0 Å². The third-order valence-electron chi connectivity index (χ3n) is 6.85. The lowest BCUT2D eigenvalue weighted by atomic mass is 9.89. The Morgan fingerprint density at radius 1 is 1.05 bits per heavy atom. The van der Waals surface area contributed by atoms with Crippen molar-refractivity contribution in [3.63, 3.8) is 0 Å². The summed E-state index contributed by atoms with van der Waals surface area (Å²) in [5, 5.41) is 4.75. The molecule has 1 aliphatic rings. The number of piperidine rings is 1. The van der Waals surface area contributed by atoms with E-state index in [1.807, 2.05) is 43.5 Å². The van der Waals surface area contributed by atoms with E-state index in [0.717, 1.165) is 23.3 Å². The third kappa shape index (κ3) is 5.48. The van der Waals surface area contributed by atoms with Gasteiger partial charge in [0.1, 0.15) is 10.8 Å². The molecule has 0 aliphatic carbocycles. The first-order valence-corrected chi connectivity index (χ1v) is 13.1. The van der Waals surface area contributed by atoms with Crippen LogP contribution in [0.3, 0.4) is 0 Å². The molecule has 2 N–H and O–H groups in total. The Balaban J connectivity index is 1.24. The molecule has 1 aromatic carbocycles. The van der Waals surface area contributed by atoms with Gasteiger partial charge in [0.15, 0.2) is 0 Å². The van der Waals surface area contributed by atoms with Crippen LogP contribution in [0.4, 0.5) is 0 Å². The van der Waals surface area contributed by atoms with Gasteiger partial charge >= 0.3 is 0 Å². The van der Waals surface area contributed by atoms with Crippen molar-refractivity contribution in [2.75, 3.05) is 19.6 Å². The van der Waals surface area contributed by atoms with E-state index in [9.17, 15) is 9.59 Å². The minimum absolute atomic E-state index is 0.0705. The number of likely N-dealkylation sites (tertiary alicyclic amines) is 1. The van der Waals surface area contributed by atoms with Crippen molar-refractivity contribution in [1.82, 2.24) is 25.2 Å². The molecule has 5 rings (SSSR count). The smallest absolute Gasteiger partial charge is 0.274 e. The minimum Gasteiger partial charge on any atom is -0.361 e. The highest BCUT2D eigenvalue weighted by atomic mass is 35.5. The zero-order valence-electron chi connectivity index (χ0n) is 20.4. The van der Waals surface area contributed by atoms with E-state index in [1.54, 1.807) is 17.0 Å². The number of halogens is 2. The molecule has 3 aromatic heterocycles. The molecule has 1 fully saturated rings. The molecular weight excluding hydrogens is 509 g/mol. The van der Waals surface area contributed by atoms with Crippen LogP contribution in [0.25, 0.3) is 10.9 Å². The van der Waals surface area contributed by atoms with E-state index in [-0.39, 0.29) is 33.6 Å². The van der Waals surface area contributed by atoms with Crippen molar-refractivity contribution < 1.29 is 9.59 Å². The summed E-state index contributed by atoms with van der Waals surface area (Å²) in [7, 11) is 0. The third-order valence-corrected chi connectivity index (χ3v) is 7.36. The number of hydrogen-bond donors (Lipinski definition) is 2. The van der Waals surface area contributed by atoms with Gasteiger partial charge in [0.05, 0.1) is 16.3 Å². The fourth-order valence-electron chi connectivity index (χ4n) is 4.90. The van der Waals surface area contributed by atoms with Gasteiger partial charge in [0.2, 0.25) is 0 Å². The summed E-state index contributed by atoms with van der Waals surface area (Å²) in [4.78, 5) is 40.0. The van der Waals surface area contributed by atoms with Crippen LogP contribution in [0.2, 0.25) is 10.2 Å². The standard InChI is InChI=1S/C28H27Cl2N5O2/c1-17-6-7-21(27(36)31-13-10-19-16-32-23-5-3-2-4-20(19)23)25(33-17)18-11-14-35(15-12-18)28(37)26-22(29)8-9-24(30)34-26/h2-9,16,18,32H,10-15H2,1H3,(H,31,36). The van der Waals surface area contributed by atoms with Crippen LogP contribution in [0, 0.1) is 6.92 Å². The molecule has 0 spiro atoms. The Labute approximate surface area is 225 Å². The highest BCUT2D eigenvalue weighted by molar-refractivity contribution is 6.34. The number of hydrogen-bond acceptors (Lipinski definition) is 4. The summed E-state index contributed by atoms with van der Waals surface area (Å²) in [5.74, 6) is -0.296. The summed E-state index contributed by atoms with van der Waals surface area (Å²) in [5.41, 5.74) is 4.66. The van der Waals surface area contributed by atoms with Crippen LogP contribution in [0.15, 0.2) is 54.7 Å². The van der Waals surface area contributed by atoms with E-state index >= 15 is 0 Å². The first-order valence-electron chi connectivity index (χ1n) is 12.3. The zero-order chi connectivity index (χ0) is 25.9. The van der Waals surface area contributed by atoms with Gasteiger partial charge in [-0.1, -0.05) is 41.4 Å². The number of benzene rings is 1. The maximum Gasteiger partial charge on any atom is 0.274 e. The molecule has 2 amide bonds. The van der Waals surface area contributed by atoms with Crippen molar-refractivity contribution in [2.45, 2.75) is 32.1 Å². The second-order valence-electron chi connectivity index (χ2n) is 9.28. The predicted molar refractivity (Wildman–Crippen MR) is 145 cm³/mol. The SMILES string of the molecule is Cc1ccc(C(=O)NCCc2c[nH]c3ccccc23)c(C2CCN(C(=O)c3nc(Cl)ccc3Cl)CC2)n1. The normalized spacial score (nSPS) is 14.2. The quantitative estimate of drug-likeness (QED) is 0.316. The number of H-pyrrole nitrogens is 1. The lowest BCUT2D eigenvalue weighted by molar-refractivity contribution is 0.0704. The molecule has 0 bridgehead atoms. The number of para-hydroxylation sites is 1. The molecule has 4 aromatic rings. The summed E-state index contributed by atoms with van der Waals surface area (Å²) in [6.45, 7) is 3.48. The van der Waals surface area contributed by atoms with E-state index in [1.165, 1.54) is 10.9 Å². The molecule has 1 aliphatic heterocycles. The predicted octanol–water partition coefficient (Wildman–Crippen LogP) is 5.57. The van der Waals surface area contributed by atoms with E-state index in [2.05, 4.69) is 21.4 Å². The summed E-state index contributed by atoms with van der Waals surface area (Å²) in [6, 6.07) is 15.0. The van der Waals surface area contributed by atoms with Gasteiger partial charge in [-0.05, 0) is 62.1 Å². The van der Waals surface area contributed by atoms with E-state index in [4.69, 9.17) is 28.2 Å². The zero-order valence-corrected chi connectivity index (χ0v) is 21.9. The second kappa shape index (κ2) is 10.9. The first kappa shape index (κ1) is 25.2. The van der Waals surface area contributed by atoms with Crippen LogP contribution in [0.1, 0.15) is 56.6 Å². The summed E-state index contributed by atoms with van der Waals surface area (Å²) >= 11 is 12.2. The van der Waals surface area contributed by atoms with Gasteiger partial charge < -0.3 is 15.2 Å². The largest absolute Gasteiger partial charge is 0.361 e. The van der Waals surface area contributed by atoms with Crippen LogP contribution in [0.5, 0.6) is 0 Å². The van der Waals surface area contributed by atoms with Crippen molar-refractivity contribution in [2.24, 2.45) is 0 Å². The second-order valence-corrected chi connectivity index (χ2v) is 10.1. The number of nitrogens with zero attached hydrogens (tertiary/aromatic N) is 3. The number of aryl methyl sites for hydroxylation is 1. The number of carbonyl (C=O) groups is 2. The number of pyridine rings is 2. The highest BCUT2D eigenvalue weighted by Gasteiger charge is 2.29. The number of aromatic nitrogens is 3. The van der Waals surface area contributed by atoms with Gasteiger partial charge in [0, 0.05) is 48.3 Å². The molecule has 37 heavy (non-hydrogen) atoms. The number of amides is 2. The lowest BCUT2D eigenvalue weighted by Crippen LogP contribution is -2.39. The topological polar surface area (TPSA) is 91.0 Å². The average molecular weight is 536 g/mol. The molecule has 0 unspecified atom stereocenters. The van der Waals surface area contributed by atoms with Crippen molar-refractivity contribution in [1.29, 1.82) is 0 Å². The fourth-order valence-corrected chi connectivity index (χ4v) is 5.23. The number of nitrogens with one attached hydrogen (secondary N) is 2. The highest BCUT2D eigenvalue weighted by Crippen LogP contribution is 2.31. The van der Waals surface area contributed by atoms with Gasteiger partial charge in [-0.3, -0.25) is 14.6 Å². The molecular formula is C28H27Cl2N5O2. The number of aromatic amines is 1. The Morgan fingerprint density at radius 3 is 2.65 bits per heavy atom. The Morgan fingerprint density at radius 2 is 1.84 bits per heavy atom. The monoisotopic (exact) mass is 535 g/mol. The summed E-state index contributed by atoms with van der Waals surface area (Å²) in [6.07, 6.45) is 4.10. The maximum atomic E-state index is 13.2. The van der Waals surface area contributed by atoms with E-state index < -0.39 is 0 Å². The number of rotatable bonds is 6. The molecule has 190 valence electrons. The molecule has 4 heterocycles. The average Bonchev–Trinajstić information content (AvgIpc) is 3.32. The summed E-state index contributed by atoms with van der Waals surface area (Å²) < 4.78 is 0.